The van der Waals surface area contributed by atoms with Crippen molar-refractivity contribution in [3.63, 3.8) is 0 Å². The molecule has 1 aliphatic rings. The van der Waals surface area contributed by atoms with Gasteiger partial charge in [-0.3, -0.25) is 4.40 Å². The zero-order valence-electron chi connectivity index (χ0n) is 31.6. The Hall–Kier alpha value is -4.54. The van der Waals surface area contributed by atoms with Crippen LogP contribution in [0.4, 0.5) is 14.6 Å². The molecule has 3 heterocycles. The van der Waals surface area contributed by atoms with Crippen LogP contribution in [0, 0.1) is 25.5 Å². The molecule has 2 unspecified atom stereocenters. The predicted molar refractivity (Wildman–Crippen MR) is 202 cm³/mol. The van der Waals surface area contributed by atoms with E-state index in [0.717, 1.165) is 41.4 Å². The van der Waals surface area contributed by atoms with Crippen LogP contribution in [-0.2, 0) is 19.0 Å². The van der Waals surface area contributed by atoms with Crippen LogP contribution in [0.25, 0.3) is 28.0 Å². The highest BCUT2D eigenvalue weighted by Gasteiger charge is 2.38. The molecular formula is C42H51F2N3O5. The smallest absolute Gasteiger partial charge is 0.339 e. The van der Waals surface area contributed by atoms with Crippen LogP contribution in [0.5, 0.6) is 5.75 Å². The van der Waals surface area contributed by atoms with Gasteiger partial charge in [0.15, 0.2) is 17.7 Å². The minimum absolute atomic E-state index is 0.0248. The quantitative estimate of drug-likeness (QED) is 0.101. The number of methoxy groups -OCH3 is 1. The summed E-state index contributed by atoms with van der Waals surface area (Å²) >= 11 is 0. The van der Waals surface area contributed by atoms with Crippen LogP contribution >= 0.6 is 0 Å². The molecule has 0 spiro atoms. The lowest BCUT2D eigenvalue weighted by molar-refractivity contribution is -0.164. The number of pyridine rings is 1. The van der Waals surface area contributed by atoms with Gasteiger partial charge in [0.2, 0.25) is 0 Å². The van der Waals surface area contributed by atoms with Crippen molar-refractivity contribution in [1.82, 2.24) is 9.38 Å². The summed E-state index contributed by atoms with van der Waals surface area (Å²) in [6.45, 7) is 23.0. The second-order valence-corrected chi connectivity index (χ2v) is 14.8. The summed E-state index contributed by atoms with van der Waals surface area (Å²) in [5, 5.41) is 0. The SMILES string of the molecule is C=CCOC1(C)CCN(c2c(C(OC(C)(C)C)C(=O)OC)c(C)c(C)c3nc(-c4cccc(-c5cc(F)cc(F)c5OC(C)CC=C)c4)cn23)CC1. The summed E-state index contributed by atoms with van der Waals surface area (Å²) in [5.41, 5.74) is 4.44. The molecule has 0 saturated carbocycles. The van der Waals surface area contributed by atoms with Crippen LogP contribution in [0.3, 0.4) is 0 Å². The van der Waals surface area contributed by atoms with Gasteiger partial charge in [-0.2, -0.15) is 0 Å². The molecule has 52 heavy (non-hydrogen) atoms. The number of aromatic nitrogens is 2. The van der Waals surface area contributed by atoms with Crippen molar-refractivity contribution in [1.29, 1.82) is 0 Å². The Labute approximate surface area is 306 Å². The first-order valence-electron chi connectivity index (χ1n) is 17.7. The molecule has 2 aromatic heterocycles. The fourth-order valence-corrected chi connectivity index (χ4v) is 6.76. The number of imidazole rings is 1. The number of carbonyl (C=O) groups excluding carboxylic acids is 1. The second-order valence-electron chi connectivity index (χ2n) is 14.8. The van der Waals surface area contributed by atoms with Crippen molar-refractivity contribution < 1.29 is 32.5 Å². The van der Waals surface area contributed by atoms with E-state index >= 15 is 4.39 Å². The van der Waals surface area contributed by atoms with E-state index in [9.17, 15) is 9.18 Å². The fraction of sp³-hybridized carbons (Fsp3) is 0.429. The normalized spacial score (nSPS) is 15.7. The summed E-state index contributed by atoms with van der Waals surface area (Å²) in [7, 11) is 1.37. The summed E-state index contributed by atoms with van der Waals surface area (Å²) < 4.78 is 55.8. The highest BCUT2D eigenvalue weighted by Crippen LogP contribution is 2.42. The van der Waals surface area contributed by atoms with E-state index in [0.29, 0.717) is 54.1 Å². The third-order valence-electron chi connectivity index (χ3n) is 9.59. The van der Waals surface area contributed by atoms with Gasteiger partial charge in [0.1, 0.15) is 17.3 Å². The van der Waals surface area contributed by atoms with E-state index < -0.39 is 29.3 Å². The Morgan fingerprint density at radius 3 is 2.38 bits per heavy atom. The van der Waals surface area contributed by atoms with Crippen molar-refractivity contribution in [3.05, 3.63) is 96.2 Å². The maximum atomic E-state index is 15.2. The molecule has 1 saturated heterocycles. The molecule has 0 N–H and O–H groups in total. The average Bonchev–Trinajstić information content (AvgIpc) is 3.55. The Morgan fingerprint density at radius 2 is 1.75 bits per heavy atom. The summed E-state index contributed by atoms with van der Waals surface area (Å²) in [6.07, 6.45) is 6.03. The zero-order chi connectivity index (χ0) is 38.0. The number of piperidine rings is 1. The van der Waals surface area contributed by atoms with Crippen LogP contribution < -0.4 is 9.64 Å². The van der Waals surface area contributed by atoms with Crippen molar-refractivity contribution in [3.8, 4) is 28.1 Å². The van der Waals surface area contributed by atoms with Gasteiger partial charge in [0, 0.05) is 48.5 Å². The van der Waals surface area contributed by atoms with E-state index in [1.807, 2.05) is 70.3 Å². The number of nitrogens with zero attached hydrogens (tertiary/aromatic N) is 3. The number of ether oxygens (including phenoxy) is 4. The lowest BCUT2D eigenvalue weighted by Crippen LogP contribution is -2.45. The number of esters is 1. The molecule has 1 aliphatic heterocycles. The first-order valence-corrected chi connectivity index (χ1v) is 17.7. The van der Waals surface area contributed by atoms with Gasteiger partial charge < -0.3 is 23.8 Å². The summed E-state index contributed by atoms with van der Waals surface area (Å²) in [4.78, 5) is 20.9. The number of rotatable bonds is 13. The highest BCUT2D eigenvalue weighted by atomic mass is 19.1. The van der Waals surface area contributed by atoms with Gasteiger partial charge in [0.25, 0.3) is 0 Å². The monoisotopic (exact) mass is 715 g/mol. The van der Waals surface area contributed by atoms with Crippen molar-refractivity contribution in [2.45, 2.75) is 91.1 Å². The van der Waals surface area contributed by atoms with Gasteiger partial charge in [-0.05, 0) is 90.1 Å². The Balaban J connectivity index is 1.69. The van der Waals surface area contributed by atoms with E-state index in [2.05, 4.69) is 25.0 Å². The van der Waals surface area contributed by atoms with Gasteiger partial charge in [-0.1, -0.05) is 30.4 Å². The zero-order valence-corrected chi connectivity index (χ0v) is 31.6. The molecule has 2 aromatic carbocycles. The Morgan fingerprint density at radius 1 is 1.06 bits per heavy atom. The van der Waals surface area contributed by atoms with Gasteiger partial charge >= 0.3 is 5.97 Å². The molecule has 0 bridgehead atoms. The number of fused-ring (bicyclic) bond motifs is 1. The largest absolute Gasteiger partial charge is 0.487 e. The van der Waals surface area contributed by atoms with E-state index in [4.69, 9.17) is 23.9 Å². The van der Waals surface area contributed by atoms with Gasteiger partial charge in [-0.25, -0.2) is 18.6 Å². The number of anilines is 1. The number of hydrogen-bond acceptors (Lipinski definition) is 7. The number of halogens is 2. The maximum Gasteiger partial charge on any atom is 0.339 e. The molecular weight excluding hydrogens is 664 g/mol. The highest BCUT2D eigenvalue weighted by molar-refractivity contribution is 5.82. The average molecular weight is 716 g/mol. The minimum Gasteiger partial charge on any atom is -0.487 e. The standard InChI is InChI=1S/C42H51F2N3O5/c1-11-14-26(3)51-36-32(23-31(43)24-33(36)44)29-15-13-16-30(22-29)34-25-47-38(45-34)28(5)27(4)35(37(40(48)49-10)52-41(6,7)8)39(47)46-19-17-42(9,18-20-46)50-21-12-2/h11-13,15-16,22-26,37H,1-2,14,17-21H2,3-10H3. The third kappa shape index (κ3) is 8.24. The molecule has 8 nitrogen and oxygen atoms in total. The molecule has 1 fully saturated rings. The fourth-order valence-electron chi connectivity index (χ4n) is 6.76. The van der Waals surface area contributed by atoms with Gasteiger partial charge in [-0.15, -0.1) is 13.2 Å². The molecule has 0 radical (unpaired) electrons. The second kappa shape index (κ2) is 15.6. The van der Waals surface area contributed by atoms with E-state index in [-0.39, 0.29) is 17.5 Å². The van der Waals surface area contributed by atoms with Crippen molar-refractivity contribution >= 4 is 17.4 Å². The number of carbonyl (C=O) groups is 1. The summed E-state index contributed by atoms with van der Waals surface area (Å²) in [6, 6.07) is 9.50. The Kier molecular flexibility index (Phi) is 11.6. The number of benzene rings is 2. The van der Waals surface area contributed by atoms with Crippen LogP contribution in [-0.4, -0.2) is 59.5 Å². The van der Waals surface area contributed by atoms with E-state index in [1.54, 1.807) is 18.2 Å². The number of aryl methyl sites for hydroxylation is 1. The molecule has 0 amide bonds. The maximum absolute atomic E-state index is 15.2. The third-order valence-corrected chi connectivity index (χ3v) is 9.59. The lowest BCUT2D eigenvalue weighted by atomic mass is 9.92. The van der Waals surface area contributed by atoms with Crippen LogP contribution in [0.15, 0.2) is 67.9 Å². The molecule has 0 aliphatic carbocycles. The summed E-state index contributed by atoms with van der Waals surface area (Å²) in [5.74, 6) is -1.22. The molecule has 5 rings (SSSR count). The predicted octanol–water partition coefficient (Wildman–Crippen LogP) is 9.50. The van der Waals surface area contributed by atoms with Gasteiger partial charge in [0.05, 0.1) is 36.7 Å². The van der Waals surface area contributed by atoms with Crippen LogP contribution in [0.2, 0.25) is 0 Å². The van der Waals surface area contributed by atoms with Crippen molar-refractivity contribution in [2.24, 2.45) is 0 Å². The van der Waals surface area contributed by atoms with E-state index in [1.165, 1.54) is 13.2 Å². The minimum atomic E-state index is -1.01. The molecule has 10 heteroatoms. The first-order chi connectivity index (χ1) is 24.6. The first kappa shape index (κ1) is 38.7. The number of hydrogen-bond donors (Lipinski definition) is 0. The van der Waals surface area contributed by atoms with Crippen LogP contribution in [0.1, 0.15) is 76.7 Å². The molecule has 2 atom stereocenters. The lowest BCUT2D eigenvalue weighted by Gasteiger charge is -2.41. The van der Waals surface area contributed by atoms with Crippen molar-refractivity contribution in [2.75, 3.05) is 31.7 Å². The topological polar surface area (TPSA) is 74.5 Å². The molecule has 4 aromatic rings. The molecule has 278 valence electrons. The Bertz CT molecular complexity index is 1960.